The molecule has 0 aromatic carbocycles. The highest BCUT2D eigenvalue weighted by atomic mass is 35.5. The van der Waals surface area contributed by atoms with Gasteiger partial charge in [-0.05, 0) is 39.4 Å². The highest BCUT2D eigenvalue weighted by molar-refractivity contribution is 6.36. The molecule has 1 fully saturated rings. The molecule has 0 unspecified atom stereocenters. The SMILES string of the molecule is Cc1cnc2c(Cl)c(C(=O)N3CCC[C@](O)(CN(C)C)C3)nn2c1. The highest BCUT2D eigenvalue weighted by Crippen LogP contribution is 2.26. The van der Waals surface area contributed by atoms with Crippen LogP contribution in [0, 0.1) is 6.92 Å². The van der Waals surface area contributed by atoms with Crippen molar-refractivity contribution < 1.29 is 9.90 Å². The van der Waals surface area contributed by atoms with Gasteiger partial charge >= 0.3 is 0 Å². The molecule has 2 aromatic heterocycles. The number of aliphatic hydroxyl groups is 1. The van der Waals surface area contributed by atoms with Gasteiger partial charge in [-0.1, -0.05) is 11.6 Å². The van der Waals surface area contributed by atoms with Crippen LogP contribution in [0.3, 0.4) is 0 Å². The molecule has 0 aliphatic carbocycles. The number of halogens is 1. The molecule has 8 heteroatoms. The standard InChI is InChI=1S/C16H22ClN5O2/c1-11-7-18-14-12(17)13(19-22(14)8-11)15(23)21-6-4-5-16(24,10-21)9-20(2)3/h7-8,24H,4-6,9-10H2,1-3H3/t16-/m0/s1. The maximum absolute atomic E-state index is 12.9. The second-order valence-corrected chi connectivity index (χ2v) is 7.23. The topological polar surface area (TPSA) is 74.0 Å². The third-order valence-electron chi connectivity index (χ3n) is 4.20. The normalized spacial score (nSPS) is 21.7. The Bertz CT molecular complexity index is 775. The number of hydrogen-bond acceptors (Lipinski definition) is 5. The number of nitrogens with zero attached hydrogens (tertiary/aromatic N) is 5. The Balaban J connectivity index is 1.87. The van der Waals surface area contributed by atoms with Gasteiger partial charge < -0.3 is 14.9 Å². The molecule has 0 saturated carbocycles. The van der Waals surface area contributed by atoms with Crippen molar-refractivity contribution in [3.63, 3.8) is 0 Å². The summed E-state index contributed by atoms with van der Waals surface area (Å²) in [6.07, 6.45) is 4.89. The summed E-state index contributed by atoms with van der Waals surface area (Å²) in [6.45, 7) is 3.28. The minimum absolute atomic E-state index is 0.184. The maximum Gasteiger partial charge on any atom is 0.276 e. The van der Waals surface area contributed by atoms with Crippen molar-refractivity contribution in [1.29, 1.82) is 0 Å². The first kappa shape index (κ1) is 17.1. The van der Waals surface area contributed by atoms with Crippen molar-refractivity contribution in [2.45, 2.75) is 25.4 Å². The second kappa shape index (κ2) is 6.31. The summed E-state index contributed by atoms with van der Waals surface area (Å²) < 4.78 is 1.53. The largest absolute Gasteiger partial charge is 0.387 e. The number of hydrogen-bond donors (Lipinski definition) is 1. The number of carbonyl (C=O) groups is 1. The lowest BCUT2D eigenvalue weighted by Gasteiger charge is -2.40. The number of fused-ring (bicyclic) bond motifs is 1. The Labute approximate surface area is 145 Å². The smallest absolute Gasteiger partial charge is 0.276 e. The quantitative estimate of drug-likeness (QED) is 0.900. The van der Waals surface area contributed by atoms with E-state index in [1.165, 1.54) is 4.52 Å². The third kappa shape index (κ3) is 3.24. The van der Waals surface area contributed by atoms with Crippen molar-refractivity contribution >= 4 is 23.2 Å². The Kier molecular flexibility index (Phi) is 4.50. The van der Waals surface area contributed by atoms with Crippen molar-refractivity contribution in [2.75, 3.05) is 33.7 Å². The minimum atomic E-state index is -0.905. The molecule has 3 heterocycles. The molecule has 1 aliphatic rings. The van der Waals surface area contributed by atoms with Crippen LogP contribution in [0.1, 0.15) is 28.9 Å². The zero-order valence-corrected chi connectivity index (χ0v) is 14.9. The van der Waals surface area contributed by atoms with Gasteiger partial charge in [0.1, 0.15) is 5.02 Å². The van der Waals surface area contributed by atoms with Crippen LogP contribution in [-0.4, -0.2) is 74.7 Å². The summed E-state index contributed by atoms with van der Waals surface area (Å²) in [4.78, 5) is 20.7. The van der Waals surface area contributed by atoms with Crippen LogP contribution in [0.5, 0.6) is 0 Å². The third-order valence-corrected chi connectivity index (χ3v) is 4.55. The van der Waals surface area contributed by atoms with Gasteiger partial charge in [-0.2, -0.15) is 5.10 Å². The number of rotatable bonds is 3. The van der Waals surface area contributed by atoms with Crippen LogP contribution < -0.4 is 0 Å². The van der Waals surface area contributed by atoms with E-state index in [4.69, 9.17) is 11.6 Å². The van der Waals surface area contributed by atoms with Crippen LogP contribution in [-0.2, 0) is 0 Å². The first-order valence-electron chi connectivity index (χ1n) is 7.96. The Morgan fingerprint density at radius 1 is 1.50 bits per heavy atom. The van der Waals surface area contributed by atoms with E-state index in [2.05, 4.69) is 10.1 Å². The van der Waals surface area contributed by atoms with Gasteiger partial charge in [0, 0.05) is 25.5 Å². The summed E-state index contributed by atoms with van der Waals surface area (Å²) in [5.41, 5.74) is 0.673. The molecule has 130 valence electrons. The number of amides is 1. The second-order valence-electron chi connectivity index (χ2n) is 6.85. The van der Waals surface area contributed by atoms with Gasteiger partial charge in [-0.3, -0.25) is 4.79 Å². The van der Waals surface area contributed by atoms with Gasteiger partial charge in [0.25, 0.3) is 5.91 Å². The fourth-order valence-electron chi connectivity index (χ4n) is 3.29. The van der Waals surface area contributed by atoms with Crippen molar-refractivity contribution in [3.8, 4) is 0 Å². The van der Waals surface area contributed by atoms with Gasteiger partial charge in [-0.15, -0.1) is 0 Å². The molecule has 1 amide bonds. The van der Waals surface area contributed by atoms with Crippen LogP contribution in [0.2, 0.25) is 5.02 Å². The number of aromatic nitrogens is 3. The number of likely N-dealkylation sites (tertiary alicyclic amines) is 1. The summed E-state index contributed by atoms with van der Waals surface area (Å²) >= 11 is 6.31. The summed E-state index contributed by atoms with van der Waals surface area (Å²) in [5.74, 6) is -0.264. The van der Waals surface area contributed by atoms with Gasteiger partial charge in [0.2, 0.25) is 0 Å². The van der Waals surface area contributed by atoms with Crippen molar-refractivity contribution in [2.24, 2.45) is 0 Å². The zero-order valence-electron chi connectivity index (χ0n) is 14.2. The summed E-state index contributed by atoms with van der Waals surface area (Å²) in [7, 11) is 3.82. The maximum atomic E-state index is 12.9. The number of β-amino-alcohol motifs (C(OH)–C–C–N with tert-alkyl or cyclic N) is 1. The monoisotopic (exact) mass is 351 g/mol. The number of aryl methyl sites for hydroxylation is 1. The van der Waals surface area contributed by atoms with Crippen LogP contribution in [0.4, 0.5) is 0 Å². The van der Waals surface area contributed by atoms with Gasteiger partial charge in [0.15, 0.2) is 11.3 Å². The molecule has 1 atom stereocenters. The van der Waals surface area contributed by atoms with E-state index in [0.29, 0.717) is 25.2 Å². The molecule has 1 N–H and O–H groups in total. The first-order chi connectivity index (χ1) is 11.3. The average Bonchev–Trinajstić information content (AvgIpc) is 2.81. The summed E-state index contributed by atoms with van der Waals surface area (Å²) in [5, 5.41) is 15.3. The first-order valence-corrected chi connectivity index (χ1v) is 8.34. The number of piperidine rings is 1. The lowest BCUT2D eigenvalue weighted by Crippen LogP contribution is -2.54. The van der Waals surface area contributed by atoms with E-state index in [1.54, 1.807) is 17.3 Å². The number of carbonyl (C=O) groups excluding carboxylic acids is 1. The van der Waals surface area contributed by atoms with Crippen molar-refractivity contribution in [1.82, 2.24) is 24.4 Å². The van der Waals surface area contributed by atoms with Crippen LogP contribution in [0.15, 0.2) is 12.4 Å². The van der Waals surface area contributed by atoms with E-state index in [-0.39, 0.29) is 23.2 Å². The van der Waals surface area contributed by atoms with Crippen LogP contribution in [0.25, 0.3) is 5.65 Å². The predicted molar refractivity (Wildman–Crippen MR) is 91.4 cm³/mol. The van der Waals surface area contributed by atoms with Crippen LogP contribution >= 0.6 is 11.6 Å². The van der Waals surface area contributed by atoms with E-state index in [1.807, 2.05) is 25.9 Å². The molecule has 0 radical (unpaired) electrons. The zero-order chi connectivity index (χ0) is 17.5. The molecule has 0 bridgehead atoms. The van der Waals surface area contributed by atoms with E-state index < -0.39 is 5.60 Å². The molecule has 1 aliphatic heterocycles. The molecule has 0 spiro atoms. The lowest BCUT2D eigenvalue weighted by atomic mass is 9.92. The molecule has 3 rings (SSSR count). The Morgan fingerprint density at radius 2 is 2.25 bits per heavy atom. The predicted octanol–water partition coefficient (Wildman–Crippen LogP) is 1.22. The van der Waals surface area contributed by atoms with Gasteiger partial charge in [-0.25, -0.2) is 9.50 Å². The number of likely N-dealkylation sites (N-methyl/N-ethyl adjacent to an activating group) is 1. The van der Waals surface area contributed by atoms with E-state index in [9.17, 15) is 9.90 Å². The fraction of sp³-hybridized carbons (Fsp3) is 0.562. The lowest BCUT2D eigenvalue weighted by molar-refractivity contribution is -0.0392. The van der Waals surface area contributed by atoms with Crippen molar-refractivity contribution in [3.05, 3.63) is 28.7 Å². The molecule has 1 saturated heterocycles. The average molecular weight is 352 g/mol. The molecule has 7 nitrogen and oxygen atoms in total. The highest BCUT2D eigenvalue weighted by Gasteiger charge is 2.37. The fourth-order valence-corrected chi connectivity index (χ4v) is 3.54. The molecular weight excluding hydrogens is 330 g/mol. The Morgan fingerprint density at radius 3 is 2.96 bits per heavy atom. The molecule has 24 heavy (non-hydrogen) atoms. The van der Waals surface area contributed by atoms with E-state index >= 15 is 0 Å². The summed E-state index contributed by atoms with van der Waals surface area (Å²) in [6, 6.07) is 0. The Hall–Kier alpha value is -1.70. The minimum Gasteiger partial charge on any atom is -0.387 e. The molecular formula is C16H22ClN5O2. The van der Waals surface area contributed by atoms with E-state index in [0.717, 1.165) is 12.0 Å². The van der Waals surface area contributed by atoms with Gasteiger partial charge in [0.05, 0.1) is 12.1 Å². The molecule has 2 aromatic rings.